The summed E-state index contributed by atoms with van der Waals surface area (Å²) < 4.78 is 10.0. The number of carbonyl (C=O) groups is 1. The molecule has 1 rings (SSSR count). The third kappa shape index (κ3) is 8.89. The van der Waals surface area contributed by atoms with Crippen molar-refractivity contribution in [2.75, 3.05) is 6.61 Å². The van der Waals surface area contributed by atoms with Crippen molar-refractivity contribution in [1.82, 2.24) is 4.90 Å². The van der Waals surface area contributed by atoms with Crippen molar-refractivity contribution in [3.63, 3.8) is 0 Å². The SMILES string of the molecule is CCC[CH2][Sn]([CH2]CCC)([CH2]CCC)[C@@H](C)N(C(=O)OC(C)(C)C)[C@@H](CO)c1ccccc1. The molecule has 184 valence electrons. The average molecular weight is 554 g/mol. The van der Waals surface area contributed by atoms with Gasteiger partial charge in [0.15, 0.2) is 0 Å². The third-order valence-electron chi connectivity index (χ3n) is 6.69. The first-order valence-corrected chi connectivity index (χ1v) is 20.5. The van der Waals surface area contributed by atoms with Crippen LogP contribution in [0.4, 0.5) is 4.79 Å². The molecule has 1 aromatic carbocycles. The minimum absolute atomic E-state index is 0.0924. The number of hydrogen-bond donors (Lipinski definition) is 1. The van der Waals surface area contributed by atoms with E-state index in [-0.39, 0.29) is 22.8 Å². The predicted octanol–water partition coefficient (Wildman–Crippen LogP) is 7.73. The van der Waals surface area contributed by atoms with Crippen LogP contribution in [0.25, 0.3) is 0 Å². The number of aliphatic hydroxyl groups is 1. The van der Waals surface area contributed by atoms with Crippen LogP contribution in [0.5, 0.6) is 0 Å². The molecule has 2 atom stereocenters. The monoisotopic (exact) mass is 555 g/mol. The van der Waals surface area contributed by atoms with Gasteiger partial charge in [-0.15, -0.1) is 0 Å². The number of amides is 1. The Kier molecular flexibility index (Phi) is 13.3. The molecule has 4 nitrogen and oxygen atoms in total. The molecule has 0 aliphatic heterocycles. The summed E-state index contributed by atoms with van der Waals surface area (Å²) in [4.78, 5) is 15.6. The molecule has 0 saturated carbocycles. The van der Waals surface area contributed by atoms with E-state index in [2.05, 4.69) is 27.7 Å². The fourth-order valence-electron chi connectivity index (χ4n) is 4.78. The van der Waals surface area contributed by atoms with E-state index >= 15 is 0 Å². The molecule has 1 N–H and O–H groups in total. The second-order valence-electron chi connectivity index (χ2n) is 10.3. The molecular weight excluding hydrogens is 505 g/mol. The Morgan fingerprint density at radius 1 is 0.969 bits per heavy atom. The quantitative estimate of drug-likeness (QED) is 0.240. The molecule has 0 heterocycles. The van der Waals surface area contributed by atoms with Crippen LogP contribution in [0.15, 0.2) is 30.3 Å². The first-order chi connectivity index (χ1) is 15.2. The number of rotatable bonds is 14. The molecule has 1 aromatic rings. The standard InChI is InChI=1S/C15H22NO3.3C4H9.Sn/c1-5-16(14(18)19-15(2,3)4)13(11-17)12-9-7-6-8-10-12;3*1-3-4-2;/h5-10,13,17H,11H2,1-4H3;3*1,3-4H2,2H3;/t13-;;;;/m0..../s1. The fourth-order valence-corrected chi connectivity index (χ4v) is 22.1. The van der Waals surface area contributed by atoms with Crippen molar-refractivity contribution in [3.05, 3.63) is 35.9 Å². The van der Waals surface area contributed by atoms with Crippen LogP contribution in [0.3, 0.4) is 0 Å². The molecule has 0 radical (unpaired) electrons. The van der Waals surface area contributed by atoms with Gasteiger partial charge in [0.25, 0.3) is 0 Å². The van der Waals surface area contributed by atoms with Gasteiger partial charge >= 0.3 is 203 Å². The van der Waals surface area contributed by atoms with Crippen molar-refractivity contribution in [1.29, 1.82) is 0 Å². The maximum atomic E-state index is 13.7. The number of aliphatic hydroxyl groups excluding tert-OH is 1. The van der Waals surface area contributed by atoms with Crippen LogP contribution < -0.4 is 0 Å². The van der Waals surface area contributed by atoms with E-state index in [1.165, 1.54) is 51.8 Å². The van der Waals surface area contributed by atoms with Gasteiger partial charge < -0.3 is 0 Å². The molecule has 1 amide bonds. The van der Waals surface area contributed by atoms with Gasteiger partial charge in [-0.2, -0.15) is 0 Å². The summed E-state index contributed by atoms with van der Waals surface area (Å²) >= 11 is -2.82. The second-order valence-corrected chi connectivity index (χ2v) is 24.8. The van der Waals surface area contributed by atoms with Gasteiger partial charge in [-0.3, -0.25) is 0 Å². The van der Waals surface area contributed by atoms with Crippen molar-refractivity contribution in [2.24, 2.45) is 0 Å². The Bertz CT molecular complexity index is 622. The number of benzene rings is 1. The number of carbonyl (C=O) groups excluding carboxylic acids is 1. The van der Waals surface area contributed by atoms with Crippen LogP contribution in [-0.4, -0.2) is 50.7 Å². The van der Waals surface area contributed by atoms with E-state index in [4.69, 9.17) is 4.74 Å². The van der Waals surface area contributed by atoms with Gasteiger partial charge in [-0.25, -0.2) is 0 Å². The zero-order valence-electron chi connectivity index (χ0n) is 21.8. The molecule has 0 saturated heterocycles. The van der Waals surface area contributed by atoms with E-state index in [0.29, 0.717) is 0 Å². The van der Waals surface area contributed by atoms with Gasteiger partial charge in [-0.05, 0) is 0 Å². The van der Waals surface area contributed by atoms with Crippen LogP contribution in [-0.2, 0) is 4.74 Å². The number of unbranched alkanes of at least 4 members (excludes halogenated alkanes) is 3. The third-order valence-corrected chi connectivity index (χ3v) is 24.1. The zero-order valence-corrected chi connectivity index (χ0v) is 24.7. The molecule has 0 bridgehead atoms. The van der Waals surface area contributed by atoms with Gasteiger partial charge in [0, 0.05) is 0 Å². The van der Waals surface area contributed by atoms with Gasteiger partial charge in [0.1, 0.15) is 0 Å². The molecular formula is C27H49NO3Sn. The van der Waals surface area contributed by atoms with Gasteiger partial charge in [0.05, 0.1) is 0 Å². The topological polar surface area (TPSA) is 49.8 Å². The molecule has 5 heteroatoms. The molecule has 0 unspecified atom stereocenters. The van der Waals surface area contributed by atoms with Crippen LogP contribution in [0.2, 0.25) is 13.3 Å². The van der Waals surface area contributed by atoms with Crippen molar-refractivity contribution in [2.45, 2.75) is 116 Å². The summed E-state index contributed by atoms with van der Waals surface area (Å²) in [6.45, 7) is 14.8. The summed E-state index contributed by atoms with van der Waals surface area (Å²) in [5.41, 5.74) is 0.412. The summed E-state index contributed by atoms with van der Waals surface area (Å²) in [6, 6.07) is 9.61. The normalized spacial score (nSPS) is 14.1. The van der Waals surface area contributed by atoms with Crippen molar-refractivity contribution >= 4 is 24.5 Å². The first-order valence-electron chi connectivity index (χ1n) is 12.8. The molecule has 0 fully saturated rings. The number of nitrogens with zero attached hydrogens (tertiary/aromatic N) is 1. The summed E-state index contributed by atoms with van der Waals surface area (Å²) in [7, 11) is 0. The summed E-state index contributed by atoms with van der Waals surface area (Å²) in [5.74, 6) is 0. The van der Waals surface area contributed by atoms with E-state index < -0.39 is 24.0 Å². The minimum atomic E-state index is -2.82. The maximum absolute atomic E-state index is 13.7. The van der Waals surface area contributed by atoms with Crippen molar-refractivity contribution in [3.8, 4) is 0 Å². The van der Waals surface area contributed by atoms with E-state index in [0.717, 1.165) is 5.56 Å². The molecule has 32 heavy (non-hydrogen) atoms. The van der Waals surface area contributed by atoms with Crippen LogP contribution in [0, 0.1) is 0 Å². The molecule has 0 aliphatic rings. The van der Waals surface area contributed by atoms with Crippen molar-refractivity contribution < 1.29 is 14.6 Å². The molecule has 0 spiro atoms. The number of ether oxygens (including phenoxy) is 1. The Morgan fingerprint density at radius 2 is 1.44 bits per heavy atom. The van der Waals surface area contributed by atoms with Crippen LogP contribution in [0.1, 0.15) is 98.6 Å². The van der Waals surface area contributed by atoms with Gasteiger partial charge in [-0.1, -0.05) is 0 Å². The second kappa shape index (κ2) is 14.5. The van der Waals surface area contributed by atoms with E-state index in [1.807, 2.05) is 56.0 Å². The average Bonchev–Trinajstić information content (AvgIpc) is 2.76. The summed E-state index contributed by atoms with van der Waals surface area (Å²) in [6.07, 6.45) is 7.02. The van der Waals surface area contributed by atoms with E-state index in [9.17, 15) is 9.90 Å². The first kappa shape index (κ1) is 29.3. The Balaban J connectivity index is 3.53. The van der Waals surface area contributed by atoms with Gasteiger partial charge in [0.2, 0.25) is 0 Å². The van der Waals surface area contributed by atoms with Crippen LogP contribution >= 0.6 is 0 Å². The Labute approximate surface area is 202 Å². The fraction of sp³-hybridized carbons (Fsp3) is 0.741. The zero-order chi connectivity index (χ0) is 24.2. The Hall–Kier alpha value is -0.751. The summed E-state index contributed by atoms with van der Waals surface area (Å²) in [5, 5.41) is 10.5. The number of hydrogen-bond acceptors (Lipinski definition) is 3. The van der Waals surface area contributed by atoms with E-state index in [1.54, 1.807) is 0 Å². The molecule has 0 aliphatic carbocycles. The predicted molar refractivity (Wildman–Crippen MR) is 139 cm³/mol. The Morgan fingerprint density at radius 3 is 1.81 bits per heavy atom. The molecule has 0 aromatic heterocycles.